The lowest BCUT2D eigenvalue weighted by molar-refractivity contribution is -0.0675. The van der Waals surface area contributed by atoms with Gasteiger partial charge in [-0.05, 0) is 22.8 Å². The van der Waals surface area contributed by atoms with Crippen LogP contribution in [0.4, 0.5) is 0 Å². The van der Waals surface area contributed by atoms with E-state index in [1.165, 1.54) is 11.1 Å². The van der Waals surface area contributed by atoms with Crippen LogP contribution in [0.3, 0.4) is 0 Å². The molecule has 1 spiro atoms. The fraction of sp³-hybridized carbons (Fsp3) is 0.269. The lowest BCUT2D eigenvalue weighted by Crippen LogP contribution is -2.53. The Morgan fingerprint density at radius 1 is 0.833 bits per heavy atom. The van der Waals surface area contributed by atoms with Crippen molar-refractivity contribution in [2.24, 2.45) is 0 Å². The van der Waals surface area contributed by atoms with Gasteiger partial charge in [0.1, 0.15) is 5.60 Å². The van der Waals surface area contributed by atoms with Gasteiger partial charge in [0.25, 0.3) is 0 Å². The Hall–Kier alpha value is -2.62. The zero-order valence-electron chi connectivity index (χ0n) is 16.9. The number of carbonyl (C=O) groups is 1. The predicted molar refractivity (Wildman–Crippen MR) is 121 cm³/mol. The maximum Gasteiger partial charge on any atom is 0.339 e. The smallest absolute Gasteiger partial charge is 0.339 e. The van der Waals surface area contributed by atoms with E-state index in [9.17, 15) is 4.79 Å². The molecule has 2 aliphatic rings. The quantitative estimate of drug-likeness (QED) is 0.529. The Kier molecular flexibility index (Phi) is 5.94. The minimum absolute atomic E-state index is 0. The summed E-state index contributed by atoms with van der Waals surface area (Å²) in [5, 5.41) is 0. The number of fused-ring (bicyclic) bond motifs is 1. The second kappa shape index (κ2) is 8.63. The number of ether oxygens (including phenoxy) is 1. The van der Waals surface area contributed by atoms with Crippen molar-refractivity contribution in [2.75, 3.05) is 13.1 Å². The number of esters is 1. The average molecular weight is 420 g/mol. The van der Waals surface area contributed by atoms with Crippen LogP contribution in [0.2, 0.25) is 0 Å². The molecule has 3 aromatic carbocycles. The summed E-state index contributed by atoms with van der Waals surface area (Å²) < 4.78 is 6.24. The van der Waals surface area contributed by atoms with Crippen molar-refractivity contribution in [3.63, 3.8) is 0 Å². The molecule has 30 heavy (non-hydrogen) atoms. The molecular weight excluding hydrogens is 394 g/mol. The lowest BCUT2D eigenvalue weighted by atomic mass is 9.69. The molecule has 4 heteroatoms. The fourth-order valence-corrected chi connectivity index (χ4v) is 4.97. The van der Waals surface area contributed by atoms with Crippen molar-refractivity contribution in [1.29, 1.82) is 0 Å². The minimum Gasteiger partial charge on any atom is -0.454 e. The van der Waals surface area contributed by atoms with E-state index in [1.54, 1.807) is 0 Å². The highest BCUT2D eigenvalue weighted by atomic mass is 35.5. The summed E-state index contributed by atoms with van der Waals surface area (Å²) in [6.07, 6.45) is 1.69. The van der Waals surface area contributed by atoms with Crippen LogP contribution in [0, 0.1) is 0 Å². The molecule has 0 radical (unpaired) electrons. The zero-order chi connectivity index (χ0) is 19.7. The molecule has 1 unspecified atom stereocenters. The molecule has 0 amide bonds. The van der Waals surface area contributed by atoms with E-state index in [2.05, 4.69) is 65.6 Å². The number of carbonyl (C=O) groups excluding carboxylic acids is 1. The molecule has 5 rings (SSSR count). The standard InChI is InChI=1S/C26H25NO2.ClH/c28-25-23-14-8-7-13-22(23)24(21-11-5-2-6-12-21)26(29-25)15-17-27(18-16-26)19-20-9-3-1-4-10-20;/h1-14,24H,15-19H2;1H. The molecule has 1 fully saturated rings. The van der Waals surface area contributed by atoms with Crippen LogP contribution >= 0.6 is 12.4 Å². The fourth-order valence-electron chi connectivity index (χ4n) is 4.97. The molecule has 0 aromatic heterocycles. The summed E-state index contributed by atoms with van der Waals surface area (Å²) in [5.74, 6) is -0.0965. The number of piperidine rings is 1. The van der Waals surface area contributed by atoms with Crippen molar-refractivity contribution in [2.45, 2.75) is 30.9 Å². The molecule has 2 aliphatic heterocycles. The normalized spacial score (nSPS) is 20.1. The third-order valence-corrected chi connectivity index (χ3v) is 6.40. The Morgan fingerprint density at radius 2 is 1.43 bits per heavy atom. The Morgan fingerprint density at radius 3 is 2.13 bits per heavy atom. The van der Waals surface area contributed by atoms with E-state index in [1.807, 2.05) is 24.3 Å². The molecule has 1 atom stereocenters. The van der Waals surface area contributed by atoms with E-state index in [4.69, 9.17) is 4.74 Å². The van der Waals surface area contributed by atoms with Crippen LogP contribution in [-0.4, -0.2) is 29.6 Å². The van der Waals surface area contributed by atoms with Gasteiger partial charge in [0.15, 0.2) is 0 Å². The van der Waals surface area contributed by atoms with E-state index in [0.29, 0.717) is 5.56 Å². The molecule has 0 aliphatic carbocycles. The van der Waals surface area contributed by atoms with Gasteiger partial charge in [-0.25, -0.2) is 4.79 Å². The van der Waals surface area contributed by atoms with Crippen molar-refractivity contribution >= 4 is 18.4 Å². The first-order valence-corrected chi connectivity index (χ1v) is 10.4. The second-order valence-electron chi connectivity index (χ2n) is 8.15. The van der Waals surface area contributed by atoms with Crippen molar-refractivity contribution < 1.29 is 9.53 Å². The minimum atomic E-state index is -0.472. The first-order chi connectivity index (χ1) is 14.3. The van der Waals surface area contributed by atoms with Gasteiger partial charge in [-0.1, -0.05) is 78.9 Å². The predicted octanol–water partition coefficient (Wildman–Crippen LogP) is 5.45. The van der Waals surface area contributed by atoms with Crippen LogP contribution in [0.5, 0.6) is 0 Å². The Bertz CT molecular complexity index is 998. The van der Waals surface area contributed by atoms with Gasteiger partial charge in [-0.3, -0.25) is 4.90 Å². The van der Waals surface area contributed by atoms with Gasteiger partial charge in [-0.2, -0.15) is 0 Å². The highest BCUT2D eigenvalue weighted by molar-refractivity contribution is 5.93. The molecular formula is C26H26ClNO2. The number of halogens is 1. The number of nitrogens with zero attached hydrogens (tertiary/aromatic N) is 1. The van der Waals surface area contributed by atoms with Crippen LogP contribution in [-0.2, 0) is 11.3 Å². The van der Waals surface area contributed by atoms with Gasteiger partial charge in [-0.15, -0.1) is 12.4 Å². The SMILES string of the molecule is Cl.O=C1OC2(CCN(Cc3ccccc3)CC2)C(c2ccccc2)c2ccccc21. The molecule has 0 saturated carbocycles. The molecule has 3 nitrogen and oxygen atoms in total. The van der Waals surface area contributed by atoms with Crippen LogP contribution in [0.1, 0.15) is 45.8 Å². The lowest BCUT2D eigenvalue weighted by Gasteiger charge is -2.48. The summed E-state index contributed by atoms with van der Waals surface area (Å²) in [5.41, 5.74) is 3.89. The summed E-state index contributed by atoms with van der Waals surface area (Å²) in [7, 11) is 0. The molecule has 1 saturated heterocycles. The number of likely N-dealkylation sites (tertiary alicyclic amines) is 1. The van der Waals surface area contributed by atoms with Crippen LogP contribution in [0.15, 0.2) is 84.9 Å². The first-order valence-electron chi connectivity index (χ1n) is 10.4. The average Bonchev–Trinajstić information content (AvgIpc) is 2.77. The second-order valence-corrected chi connectivity index (χ2v) is 8.15. The summed E-state index contributed by atoms with van der Waals surface area (Å²) in [6.45, 7) is 2.79. The van der Waals surface area contributed by atoms with Crippen molar-refractivity contribution in [3.8, 4) is 0 Å². The van der Waals surface area contributed by atoms with Gasteiger partial charge >= 0.3 is 5.97 Å². The summed E-state index contributed by atoms with van der Waals surface area (Å²) in [4.78, 5) is 15.3. The first kappa shape index (κ1) is 20.6. The molecule has 2 heterocycles. The van der Waals surface area contributed by atoms with E-state index >= 15 is 0 Å². The monoisotopic (exact) mass is 419 g/mol. The van der Waals surface area contributed by atoms with E-state index in [-0.39, 0.29) is 24.3 Å². The van der Waals surface area contributed by atoms with Crippen LogP contribution in [0.25, 0.3) is 0 Å². The van der Waals surface area contributed by atoms with Gasteiger partial charge in [0, 0.05) is 38.4 Å². The van der Waals surface area contributed by atoms with Gasteiger partial charge < -0.3 is 4.74 Å². The van der Waals surface area contributed by atoms with Gasteiger partial charge in [0.05, 0.1) is 5.56 Å². The zero-order valence-corrected chi connectivity index (χ0v) is 17.7. The summed E-state index contributed by atoms with van der Waals surface area (Å²) >= 11 is 0. The Balaban J connectivity index is 0.00000218. The number of rotatable bonds is 3. The number of hydrogen-bond donors (Lipinski definition) is 0. The highest BCUT2D eigenvalue weighted by Gasteiger charge is 2.50. The maximum absolute atomic E-state index is 12.9. The number of hydrogen-bond acceptors (Lipinski definition) is 3. The van der Waals surface area contributed by atoms with Crippen molar-refractivity contribution in [3.05, 3.63) is 107 Å². The molecule has 3 aromatic rings. The molecule has 0 N–H and O–H groups in total. The summed E-state index contributed by atoms with van der Waals surface area (Å²) in [6, 6.07) is 29.1. The van der Waals surface area contributed by atoms with Gasteiger partial charge in [0.2, 0.25) is 0 Å². The number of benzene rings is 3. The van der Waals surface area contributed by atoms with Crippen molar-refractivity contribution in [1.82, 2.24) is 4.90 Å². The molecule has 154 valence electrons. The van der Waals surface area contributed by atoms with E-state index in [0.717, 1.165) is 38.0 Å². The van der Waals surface area contributed by atoms with Crippen LogP contribution < -0.4 is 0 Å². The molecule has 0 bridgehead atoms. The third kappa shape index (κ3) is 3.76. The highest BCUT2D eigenvalue weighted by Crippen LogP contribution is 2.48. The topological polar surface area (TPSA) is 29.5 Å². The Labute approximate surface area is 184 Å². The maximum atomic E-state index is 12.9. The van der Waals surface area contributed by atoms with E-state index < -0.39 is 5.60 Å². The third-order valence-electron chi connectivity index (χ3n) is 6.40. The largest absolute Gasteiger partial charge is 0.454 e.